The summed E-state index contributed by atoms with van der Waals surface area (Å²) in [5.74, 6) is 0.216. The van der Waals surface area contributed by atoms with E-state index in [1.54, 1.807) is 19.1 Å². The monoisotopic (exact) mass is 597 g/mol. The molecule has 5 heterocycles. The lowest BCUT2D eigenvalue weighted by molar-refractivity contribution is 0.0895. The van der Waals surface area contributed by atoms with Gasteiger partial charge in [-0.1, -0.05) is 38.1 Å². The maximum atomic E-state index is 15.4. The molecular weight excluding hydrogens is 561 g/mol. The molecule has 1 fully saturated rings. The fourth-order valence-electron chi connectivity index (χ4n) is 5.48. The number of H-pyrrole nitrogens is 1. The van der Waals surface area contributed by atoms with Gasteiger partial charge in [-0.2, -0.15) is 4.98 Å². The largest absolute Gasteiger partial charge is 0.351 e. The lowest BCUT2D eigenvalue weighted by Crippen LogP contribution is -2.50. The maximum absolute atomic E-state index is 15.4. The molecule has 0 unspecified atom stereocenters. The third-order valence-corrected chi connectivity index (χ3v) is 7.72. The molecule has 0 bridgehead atoms. The van der Waals surface area contributed by atoms with E-state index in [2.05, 4.69) is 47.5 Å². The number of benzene rings is 1. The Morgan fingerprint density at radius 1 is 1.16 bits per heavy atom. The fraction of sp³-hybridized carbons (Fsp3) is 0.375. The number of amides is 1. The molecule has 0 radical (unpaired) electrons. The number of anilines is 1. The van der Waals surface area contributed by atoms with Crippen molar-refractivity contribution in [1.82, 2.24) is 40.7 Å². The normalized spacial score (nSPS) is 16.3. The molecule has 0 aliphatic carbocycles. The molecule has 1 aliphatic heterocycles. The quantitative estimate of drug-likeness (QED) is 0.234. The van der Waals surface area contributed by atoms with E-state index in [4.69, 9.17) is 9.51 Å². The number of nitrogens with one attached hydrogen (secondary N) is 3. The molecule has 6 rings (SSSR count). The van der Waals surface area contributed by atoms with Gasteiger partial charge in [0.15, 0.2) is 5.82 Å². The van der Waals surface area contributed by atoms with E-state index in [9.17, 15) is 4.79 Å². The second-order valence-electron chi connectivity index (χ2n) is 12.5. The average Bonchev–Trinajstić information content (AvgIpc) is 3.64. The highest BCUT2D eigenvalue weighted by atomic mass is 19.1. The number of carbonyl (C=O) groups excluding carboxylic acids is 1. The summed E-state index contributed by atoms with van der Waals surface area (Å²) < 4.78 is 20.6. The standard InChI is InChI=1S/C32H36FN9O2/c1-18-15-34-10-11-42(18)27-9-7-21(16-35-27)25-13-23-28(36-17-37-29(23)39-25)20-6-8-22(24(33)12-20)19(2)38-30(43)31-40-26(41-44-31)14-32(3,4)5/h6-9,12-13,16-19,34H,10-11,14-15H2,1-5H3,(H,38,43)(H,36,37,39)/t18-,19+/m0/s1. The maximum Gasteiger partial charge on any atom is 0.315 e. The molecule has 228 valence electrons. The van der Waals surface area contributed by atoms with E-state index in [0.29, 0.717) is 40.8 Å². The van der Waals surface area contributed by atoms with Gasteiger partial charge in [0.1, 0.15) is 23.6 Å². The number of piperazine rings is 1. The van der Waals surface area contributed by atoms with E-state index in [1.165, 1.54) is 12.4 Å². The molecule has 0 saturated carbocycles. The zero-order valence-electron chi connectivity index (χ0n) is 25.5. The van der Waals surface area contributed by atoms with E-state index in [1.807, 2.05) is 45.2 Å². The number of aromatic nitrogens is 6. The van der Waals surface area contributed by atoms with Crippen LogP contribution in [0.15, 0.2) is 53.4 Å². The highest BCUT2D eigenvalue weighted by Gasteiger charge is 2.23. The Kier molecular flexibility index (Phi) is 7.85. The summed E-state index contributed by atoms with van der Waals surface area (Å²) >= 11 is 0. The van der Waals surface area contributed by atoms with Gasteiger partial charge in [-0.25, -0.2) is 19.3 Å². The van der Waals surface area contributed by atoms with Crippen LogP contribution >= 0.6 is 0 Å². The number of carbonyl (C=O) groups is 1. The van der Waals surface area contributed by atoms with Crippen molar-refractivity contribution in [2.45, 2.75) is 53.1 Å². The van der Waals surface area contributed by atoms with Gasteiger partial charge in [-0.3, -0.25) is 4.79 Å². The summed E-state index contributed by atoms with van der Waals surface area (Å²) in [5, 5.41) is 10.8. The summed E-state index contributed by atoms with van der Waals surface area (Å²) in [6.07, 6.45) is 3.87. The third kappa shape index (κ3) is 6.16. The molecule has 3 N–H and O–H groups in total. The number of halogens is 1. The first kappa shape index (κ1) is 29.4. The number of hydrogen-bond acceptors (Lipinski definition) is 9. The van der Waals surface area contributed by atoms with Crippen LogP contribution in [0.1, 0.15) is 62.7 Å². The van der Waals surface area contributed by atoms with Gasteiger partial charge in [0.05, 0.1) is 11.7 Å². The molecular formula is C32H36FN9O2. The Morgan fingerprint density at radius 3 is 2.70 bits per heavy atom. The van der Waals surface area contributed by atoms with Crippen LogP contribution in [-0.4, -0.2) is 61.7 Å². The van der Waals surface area contributed by atoms with Crippen molar-refractivity contribution in [3.63, 3.8) is 0 Å². The second-order valence-corrected chi connectivity index (χ2v) is 12.5. The number of aromatic amines is 1. The van der Waals surface area contributed by atoms with Crippen LogP contribution in [0, 0.1) is 11.2 Å². The van der Waals surface area contributed by atoms with Gasteiger partial charge in [0.25, 0.3) is 0 Å². The Balaban J connectivity index is 1.20. The summed E-state index contributed by atoms with van der Waals surface area (Å²) in [5.41, 5.74) is 3.85. The van der Waals surface area contributed by atoms with Crippen molar-refractivity contribution in [1.29, 1.82) is 0 Å². The minimum atomic E-state index is -0.640. The summed E-state index contributed by atoms with van der Waals surface area (Å²) in [4.78, 5) is 36.2. The lowest BCUT2D eigenvalue weighted by Gasteiger charge is -2.34. The van der Waals surface area contributed by atoms with Crippen molar-refractivity contribution in [3.8, 4) is 22.5 Å². The van der Waals surface area contributed by atoms with Crippen molar-refractivity contribution in [2.24, 2.45) is 5.41 Å². The number of hydrogen-bond donors (Lipinski definition) is 3. The van der Waals surface area contributed by atoms with Crippen molar-refractivity contribution >= 4 is 22.8 Å². The second kappa shape index (κ2) is 11.8. The van der Waals surface area contributed by atoms with Gasteiger partial charge in [0.2, 0.25) is 0 Å². The van der Waals surface area contributed by atoms with Gasteiger partial charge < -0.3 is 25.0 Å². The predicted octanol–water partition coefficient (Wildman–Crippen LogP) is 5.09. The first-order valence-corrected chi connectivity index (χ1v) is 14.8. The summed E-state index contributed by atoms with van der Waals surface area (Å²) in [7, 11) is 0. The van der Waals surface area contributed by atoms with E-state index in [0.717, 1.165) is 42.1 Å². The topological polar surface area (TPSA) is 138 Å². The highest BCUT2D eigenvalue weighted by molar-refractivity contribution is 5.94. The summed E-state index contributed by atoms with van der Waals surface area (Å²) in [6.45, 7) is 12.8. The zero-order valence-corrected chi connectivity index (χ0v) is 25.5. The average molecular weight is 598 g/mol. The number of pyridine rings is 1. The lowest BCUT2D eigenvalue weighted by atomic mass is 9.92. The Hall–Kier alpha value is -4.71. The van der Waals surface area contributed by atoms with Crippen LogP contribution in [0.25, 0.3) is 33.5 Å². The fourth-order valence-corrected chi connectivity index (χ4v) is 5.48. The van der Waals surface area contributed by atoms with Crippen LogP contribution in [0.3, 0.4) is 0 Å². The summed E-state index contributed by atoms with van der Waals surface area (Å²) in [6, 6.07) is 10.6. The molecule has 0 spiro atoms. The number of fused-ring (bicyclic) bond motifs is 1. The van der Waals surface area contributed by atoms with Crippen LogP contribution in [-0.2, 0) is 6.42 Å². The smallest absolute Gasteiger partial charge is 0.315 e. The molecule has 1 amide bonds. The highest BCUT2D eigenvalue weighted by Crippen LogP contribution is 2.32. The van der Waals surface area contributed by atoms with Crippen LogP contribution in [0.4, 0.5) is 10.2 Å². The van der Waals surface area contributed by atoms with Crippen LogP contribution in [0.2, 0.25) is 0 Å². The molecule has 1 aliphatic rings. The third-order valence-electron chi connectivity index (χ3n) is 7.72. The minimum absolute atomic E-state index is 0.0559. The van der Waals surface area contributed by atoms with E-state index >= 15 is 4.39 Å². The predicted molar refractivity (Wildman–Crippen MR) is 166 cm³/mol. The van der Waals surface area contributed by atoms with Crippen LogP contribution < -0.4 is 15.5 Å². The van der Waals surface area contributed by atoms with Gasteiger partial charge in [-0.15, -0.1) is 0 Å². The molecule has 11 nitrogen and oxygen atoms in total. The first-order chi connectivity index (χ1) is 21.1. The molecule has 1 aromatic carbocycles. The molecule has 2 atom stereocenters. The van der Waals surface area contributed by atoms with Crippen molar-refractivity contribution in [3.05, 3.63) is 72.0 Å². The van der Waals surface area contributed by atoms with Gasteiger partial charge in [-0.05, 0) is 43.5 Å². The van der Waals surface area contributed by atoms with E-state index < -0.39 is 17.8 Å². The van der Waals surface area contributed by atoms with Crippen LogP contribution in [0.5, 0.6) is 0 Å². The molecule has 5 aromatic rings. The Bertz CT molecular complexity index is 1790. The first-order valence-electron chi connectivity index (χ1n) is 14.8. The minimum Gasteiger partial charge on any atom is -0.351 e. The Labute approximate surface area is 254 Å². The molecule has 4 aromatic heterocycles. The van der Waals surface area contributed by atoms with Gasteiger partial charge >= 0.3 is 11.8 Å². The Morgan fingerprint density at radius 2 is 1.98 bits per heavy atom. The van der Waals surface area contributed by atoms with E-state index in [-0.39, 0.29) is 11.3 Å². The van der Waals surface area contributed by atoms with Gasteiger partial charge in [0, 0.05) is 66.1 Å². The van der Waals surface area contributed by atoms with Crippen molar-refractivity contribution < 1.29 is 13.7 Å². The molecule has 44 heavy (non-hydrogen) atoms. The zero-order chi connectivity index (χ0) is 31.0. The van der Waals surface area contributed by atoms with Crippen molar-refractivity contribution in [2.75, 3.05) is 24.5 Å². The SMILES string of the molecule is C[C@@H](NC(=O)c1nc(CC(C)(C)C)no1)c1ccc(-c2ncnc3[nH]c(-c4ccc(N5CCNC[C@@H]5C)nc4)cc23)cc1F. The number of rotatable bonds is 7. The number of nitrogens with zero attached hydrogens (tertiary/aromatic N) is 6. The molecule has 1 saturated heterocycles. The molecule has 12 heteroatoms.